The number of methoxy groups -OCH3 is 1. The number of sulfonamides is 1. The highest BCUT2D eigenvalue weighted by Crippen LogP contribution is 2.31. The third kappa shape index (κ3) is 5.74. The van der Waals surface area contributed by atoms with E-state index in [0.717, 1.165) is 46.6 Å². The molecule has 8 nitrogen and oxygen atoms in total. The summed E-state index contributed by atoms with van der Waals surface area (Å²) in [6.07, 6.45) is -4.53. The smallest absolute Gasteiger partial charge is 0.416 e. The predicted octanol–water partition coefficient (Wildman–Crippen LogP) is 5.47. The lowest BCUT2D eigenvalue weighted by atomic mass is 10.2. The van der Waals surface area contributed by atoms with Crippen molar-refractivity contribution in [2.75, 3.05) is 38.6 Å². The van der Waals surface area contributed by atoms with E-state index < -0.39 is 21.8 Å². The SMILES string of the molecule is COc1ccc(Nc2nc([C@@H](C)N3CCN(S(=O)(=O)c4ccc(C(F)(F)F)cc4)CC3)nc3ccccc23)cc1. The van der Waals surface area contributed by atoms with E-state index in [1.165, 1.54) is 4.31 Å². The molecule has 3 aromatic carbocycles. The largest absolute Gasteiger partial charge is 0.497 e. The first kappa shape index (κ1) is 27.8. The van der Waals surface area contributed by atoms with Crippen LogP contribution in [0.2, 0.25) is 0 Å². The number of fused-ring (bicyclic) bond motifs is 1. The molecule has 0 bridgehead atoms. The standard InChI is InChI=1S/C28H28F3N5O3S/c1-19(35-15-17-36(18-16-35)40(37,38)23-13-7-20(8-14-23)28(29,30)31)26-33-25-6-4-3-5-24(25)27(34-26)32-21-9-11-22(39-2)12-10-21/h3-14,19H,15-18H2,1-2H3,(H,32,33,34)/t19-/m1/s1. The maximum atomic E-state index is 13.1. The van der Waals surface area contributed by atoms with Crippen molar-refractivity contribution in [1.29, 1.82) is 0 Å². The summed E-state index contributed by atoms with van der Waals surface area (Å²) in [6, 6.07) is 18.6. The first-order valence-electron chi connectivity index (χ1n) is 12.7. The van der Waals surface area contributed by atoms with E-state index in [1.54, 1.807) is 7.11 Å². The van der Waals surface area contributed by atoms with Crippen LogP contribution >= 0.6 is 0 Å². The Morgan fingerprint density at radius 2 is 1.55 bits per heavy atom. The lowest BCUT2D eigenvalue weighted by Gasteiger charge is -2.37. The van der Waals surface area contributed by atoms with Crippen molar-refractivity contribution in [1.82, 2.24) is 19.2 Å². The lowest BCUT2D eigenvalue weighted by molar-refractivity contribution is -0.137. The minimum absolute atomic E-state index is 0.158. The van der Waals surface area contributed by atoms with Crippen molar-refractivity contribution in [3.63, 3.8) is 0 Å². The van der Waals surface area contributed by atoms with Crippen molar-refractivity contribution in [3.05, 3.63) is 84.2 Å². The molecule has 210 valence electrons. The van der Waals surface area contributed by atoms with Crippen LogP contribution in [-0.4, -0.2) is 60.9 Å². The maximum Gasteiger partial charge on any atom is 0.416 e. The van der Waals surface area contributed by atoms with Gasteiger partial charge in [-0.15, -0.1) is 0 Å². The molecule has 0 amide bonds. The van der Waals surface area contributed by atoms with Gasteiger partial charge in [0.25, 0.3) is 0 Å². The number of nitrogens with zero attached hydrogens (tertiary/aromatic N) is 4. The van der Waals surface area contributed by atoms with Crippen LogP contribution in [0.15, 0.2) is 77.7 Å². The van der Waals surface area contributed by atoms with E-state index in [9.17, 15) is 21.6 Å². The molecule has 0 aliphatic carbocycles. The van der Waals surface area contributed by atoms with Gasteiger partial charge >= 0.3 is 6.18 Å². The molecule has 5 rings (SSSR count). The average Bonchev–Trinajstić information content (AvgIpc) is 2.97. The van der Waals surface area contributed by atoms with Crippen LogP contribution in [0.3, 0.4) is 0 Å². The maximum absolute atomic E-state index is 13.1. The topological polar surface area (TPSA) is 87.7 Å². The second-order valence-corrected chi connectivity index (χ2v) is 11.4. The first-order valence-corrected chi connectivity index (χ1v) is 14.1. The Balaban J connectivity index is 1.32. The molecule has 1 N–H and O–H groups in total. The van der Waals surface area contributed by atoms with E-state index in [1.807, 2.05) is 55.5 Å². The van der Waals surface area contributed by atoms with Gasteiger partial charge < -0.3 is 10.1 Å². The van der Waals surface area contributed by atoms with Gasteiger partial charge in [-0.1, -0.05) is 12.1 Å². The van der Waals surface area contributed by atoms with E-state index >= 15 is 0 Å². The highest BCUT2D eigenvalue weighted by atomic mass is 32.2. The Hall–Kier alpha value is -3.74. The number of hydrogen-bond acceptors (Lipinski definition) is 7. The molecule has 1 aliphatic heterocycles. The number of halogens is 3. The molecule has 0 unspecified atom stereocenters. The normalized spacial score (nSPS) is 16.1. The van der Waals surface area contributed by atoms with Crippen molar-refractivity contribution in [2.45, 2.75) is 24.0 Å². The zero-order valence-electron chi connectivity index (χ0n) is 21.9. The zero-order chi connectivity index (χ0) is 28.5. The number of piperazine rings is 1. The molecule has 1 saturated heterocycles. The minimum Gasteiger partial charge on any atom is -0.497 e. The number of hydrogen-bond donors (Lipinski definition) is 1. The quantitative estimate of drug-likeness (QED) is 0.315. The molecule has 1 fully saturated rings. The molecule has 0 spiro atoms. The van der Waals surface area contributed by atoms with Gasteiger partial charge in [0.2, 0.25) is 10.0 Å². The second-order valence-electron chi connectivity index (χ2n) is 9.44. The van der Waals surface area contributed by atoms with E-state index in [0.29, 0.717) is 24.7 Å². The van der Waals surface area contributed by atoms with E-state index in [4.69, 9.17) is 14.7 Å². The molecule has 2 heterocycles. The fourth-order valence-electron chi connectivity index (χ4n) is 4.65. The minimum atomic E-state index is -4.53. The number of ether oxygens (including phenoxy) is 1. The number of benzene rings is 3. The van der Waals surface area contributed by atoms with Crippen LogP contribution in [-0.2, 0) is 16.2 Å². The summed E-state index contributed by atoms with van der Waals surface area (Å²) in [5, 5.41) is 4.23. The Morgan fingerprint density at radius 3 is 2.17 bits per heavy atom. The van der Waals surface area contributed by atoms with Crippen molar-refractivity contribution in [2.24, 2.45) is 0 Å². The third-order valence-electron chi connectivity index (χ3n) is 6.99. The molecule has 40 heavy (non-hydrogen) atoms. The Bertz CT molecular complexity index is 1590. The molecule has 1 aromatic heterocycles. The highest BCUT2D eigenvalue weighted by molar-refractivity contribution is 7.89. The molecule has 0 saturated carbocycles. The molecule has 12 heteroatoms. The monoisotopic (exact) mass is 571 g/mol. The molecule has 4 aromatic rings. The Morgan fingerprint density at radius 1 is 0.900 bits per heavy atom. The fourth-order valence-corrected chi connectivity index (χ4v) is 6.07. The summed E-state index contributed by atoms with van der Waals surface area (Å²) in [7, 11) is -2.31. The van der Waals surface area contributed by atoms with Crippen LogP contribution in [0.1, 0.15) is 24.4 Å². The van der Waals surface area contributed by atoms with E-state index in [2.05, 4.69) is 10.2 Å². The highest BCUT2D eigenvalue weighted by Gasteiger charge is 2.33. The van der Waals surface area contributed by atoms with Crippen molar-refractivity contribution < 1.29 is 26.3 Å². The van der Waals surface area contributed by atoms with Gasteiger partial charge in [0.15, 0.2) is 0 Å². The van der Waals surface area contributed by atoms with E-state index in [-0.39, 0.29) is 24.0 Å². The van der Waals surface area contributed by atoms with Crippen molar-refractivity contribution >= 4 is 32.4 Å². The Kier molecular flexibility index (Phi) is 7.67. The summed E-state index contributed by atoms with van der Waals surface area (Å²) in [4.78, 5) is 11.6. The lowest BCUT2D eigenvalue weighted by Crippen LogP contribution is -2.49. The summed E-state index contributed by atoms with van der Waals surface area (Å²) in [6.45, 7) is 3.19. The van der Waals surface area contributed by atoms with Gasteiger partial charge in [-0.2, -0.15) is 17.5 Å². The number of para-hydroxylation sites is 1. The van der Waals surface area contributed by atoms with Gasteiger partial charge in [0.05, 0.1) is 29.1 Å². The van der Waals surface area contributed by atoms with Gasteiger partial charge in [-0.3, -0.25) is 4.90 Å². The number of anilines is 2. The van der Waals surface area contributed by atoms with Gasteiger partial charge in [0, 0.05) is 37.3 Å². The number of alkyl halides is 3. The average molecular weight is 572 g/mol. The van der Waals surface area contributed by atoms with Crippen LogP contribution in [0, 0.1) is 0 Å². The number of rotatable bonds is 7. The molecular formula is C28H28F3N5O3S. The van der Waals surface area contributed by atoms with Gasteiger partial charge in [-0.25, -0.2) is 18.4 Å². The number of aromatic nitrogens is 2. The van der Waals surface area contributed by atoms with Crippen molar-refractivity contribution in [3.8, 4) is 5.75 Å². The van der Waals surface area contributed by atoms with Crippen LogP contribution in [0.25, 0.3) is 10.9 Å². The predicted molar refractivity (Wildman–Crippen MR) is 146 cm³/mol. The first-order chi connectivity index (χ1) is 19.1. The Labute approximate surface area is 230 Å². The van der Waals surface area contributed by atoms with Crippen LogP contribution < -0.4 is 10.1 Å². The van der Waals surface area contributed by atoms with Gasteiger partial charge in [0.1, 0.15) is 17.4 Å². The number of nitrogens with one attached hydrogen (secondary N) is 1. The summed E-state index contributed by atoms with van der Waals surface area (Å²) >= 11 is 0. The van der Waals surface area contributed by atoms with Gasteiger partial charge in [-0.05, 0) is 67.6 Å². The van der Waals surface area contributed by atoms with Crippen LogP contribution in [0.5, 0.6) is 5.75 Å². The fraction of sp³-hybridized carbons (Fsp3) is 0.286. The summed E-state index contributed by atoms with van der Waals surface area (Å²) in [5.41, 5.74) is 0.727. The summed E-state index contributed by atoms with van der Waals surface area (Å²) < 4.78 is 71.4. The summed E-state index contributed by atoms with van der Waals surface area (Å²) in [5.74, 6) is 1.99. The molecule has 0 radical (unpaired) electrons. The zero-order valence-corrected chi connectivity index (χ0v) is 22.7. The molecular weight excluding hydrogens is 543 g/mol. The third-order valence-corrected chi connectivity index (χ3v) is 8.90. The van der Waals surface area contributed by atoms with Crippen LogP contribution in [0.4, 0.5) is 24.7 Å². The molecule has 1 atom stereocenters. The second kappa shape index (κ2) is 11.0. The molecule has 1 aliphatic rings.